The molecule has 6 nitrogen and oxygen atoms in total. The average molecular weight is 304 g/mol. The second kappa shape index (κ2) is 8.21. The fraction of sp³-hybridized carbons (Fsp3) is 0.538. The molecule has 0 heterocycles. The molecule has 0 aromatic heterocycles. The lowest BCUT2D eigenvalue weighted by molar-refractivity contribution is 0.0113. The first-order chi connectivity index (χ1) is 9.43. The van der Waals surface area contributed by atoms with Gasteiger partial charge >= 0.3 is 0 Å². The zero-order chi connectivity index (χ0) is 15.0. The maximum Gasteiger partial charge on any atom is 0.294 e. The van der Waals surface area contributed by atoms with Gasteiger partial charge in [-0.1, -0.05) is 13.3 Å². The standard InChI is InChI=1S/C13H20O6S/c1-2-3-8-18-9-11(14)10-19-12-4-6-13(7-5-12)20(15,16)17/h4-7,11,14H,2-3,8-10H2,1H3,(H,15,16,17). The van der Waals surface area contributed by atoms with Gasteiger partial charge in [-0.15, -0.1) is 0 Å². The summed E-state index contributed by atoms with van der Waals surface area (Å²) in [6.45, 7) is 2.91. The van der Waals surface area contributed by atoms with Crippen molar-refractivity contribution in [3.8, 4) is 5.75 Å². The number of benzene rings is 1. The molecule has 1 atom stereocenters. The van der Waals surface area contributed by atoms with E-state index in [0.29, 0.717) is 12.4 Å². The largest absolute Gasteiger partial charge is 0.491 e. The highest BCUT2D eigenvalue weighted by Crippen LogP contribution is 2.15. The highest BCUT2D eigenvalue weighted by molar-refractivity contribution is 7.85. The fourth-order valence-corrected chi connectivity index (χ4v) is 1.89. The Labute approximate surface area is 119 Å². The lowest BCUT2D eigenvalue weighted by Crippen LogP contribution is -2.23. The van der Waals surface area contributed by atoms with Crippen molar-refractivity contribution in [2.24, 2.45) is 0 Å². The molecular formula is C13H20O6S. The smallest absolute Gasteiger partial charge is 0.294 e. The molecule has 0 amide bonds. The zero-order valence-electron chi connectivity index (χ0n) is 11.4. The number of hydrogen-bond acceptors (Lipinski definition) is 5. The van der Waals surface area contributed by atoms with Crippen LogP contribution in [-0.2, 0) is 14.9 Å². The van der Waals surface area contributed by atoms with Crippen LogP contribution in [0.3, 0.4) is 0 Å². The molecule has 1 aromatic carbocycles. The number of ether oxygens (including phenoxy) is 2. The molecule has 1 aromatic rings. The molecule has 0 aliphatic heterocycles. The minimum absolute atomic E-state index is 0.0529. The molecule has 2 N–H and O–H groups in total. The SMILES string of the molecule is CCCCOCC(O)COc1ccc(S(=O)(=O)O)cc1. The van der Waals surface area contributed by atoms with Crippen LogP contribution in [-0.4, -0.2) is 44.0 Å². The van der Waals surface area contributed by atoms with Crippen molar-refractivity contribution in [1.82, 2.24) is 0 Å². The molecular weight excluding hydrogens is 284 g/mol. The molecule has 0 saturated carbocycles. The number of aliphatic hydroxyl groups excluding tert-OH is 1. The van der Waals surface area contributed by atoms with Crippen LogP contribution in [0.2, 0.25) is 0 Å². The topological polar surface area (TPSA) is 93.1 Å². The Morgan fingerprint density at radius 2 is 1.85 bits per heavy atom. The van der Waals surface area contributed by atoms with E-state index in [-0.39, 0.29) is 18.1 Å². The van der Waals surface area contributed by atoms with Gasteiger partial charge < -0.3 is 14.6 Å². The summed E-state index contributed by atoms with van der Waals surface area (Å²) in [5, 5.41) is 9.61. The summed E-state index contributed by atoms with van der Waals surface area (Å²) in [7, 11) is -4.19. The molecule has 0 bridgehead atoms. The Morgan fingerprint density at radius 3 is 2.40 bits per heavy atom. The maximum atomic E-state index is 10.8. The normalized spacial score (nSPS) is 13.2. The van der Waals surface area contributed by atoms with Gasteiger partial charge in [-0.05, 0) is 30.7 Å². The Kier molecular flexibility index (Phi) is 6.94. The van der Waals surface area contributed by atoms with Gasteiger partial charge in [0.1, 0.15) is 18.5 Å². The maximum absolute atomic E-state index is 10.8. The van der Waals surface area contributed by atoms with Gasteiger partial charge in [0.25, 0.3) is 10.1 Å². The molecule has 0 saturated heterocycles. The molecule has 0 fully saturated rings. The van der Waals surface area contributed by atoms with E-state index in [4.69, 9.17) is 14.0 Å². The van der Waals surface area contributed by atoms with Crippen molar-refractivity contribution in [1.29, 1.82) is 0 Å². The van der Waals surface area contributed by atoms with Crippen LogP contribution in [0.15, 0.2) is 29.2 Å². The second-order valence-corrected chi connectivity index (χ2v) is 5.76. The van der Waals surface area contributed by atoms with Gasteiger partial charge in [-0.25, -0.2) is 0 Å². The lowest BCUT2D eigenvalue weighted by atomic mass is 10.3. The van der Waals surface area contributed by atoms with Crippen LogP contribution in [0.4, 0.5) is 0 Å². The lowest BCUT2D eigenvalue weighted by Gasteiger charge is -2.12. The van der Waals surface area contributed by atoms with Gasteiger partial charge in [-0.3, -0.25) is 4.55 Å². The van der Waals surface area contributed by atoms with Crippen LogP contribution >= 0.6 is 0 Å². The number of hydrogen-bond donors (Lipinski definition) is 2. The molecule has 0 aliphatic rings. The van der Waals surface area contributed by atoms with Crippen LogP contribution in [0, 0.1) is 0 Å². The third kappa shape index (κ3) is 6.33. The molecule has 1 unspecified atom stereocenters. The molecule has 0 aliphatic carbocycles. The molecule has 7 heteroatoms. The monoisotopic (exact) mass is 304 g/mol. The second-order valence-electron chi connectivity index (χ2n) is 4.34. The summed E-state index contributed by atoms with van der Waals surface area (Å²) in [6.07, 6.45) is 1.24. The average Bonchev–Trinajstić information content (AvgIpc) is 2.41. The zero-order valence-corrected chi connectivity index (χ0v) is 12.2. The summed E-state index contributed by atoms with van der Waals surface area (Å²) < 4.78 is 41.0. The summed E-state index contributed by atoms with van der Waals surface area (Å²) in [6, 6.07) is 5.28. The number of rotatable bonds is 9. The Balaban J connectivity index is 2.35. The van der Waals surface area contributed by atoms with E-state index in [1.54, 1.807) is 0 Å². The van der Waals surface area contributed by atoms with Crippen LogP contribution in [0.1, 0.15) is 19.8 Å². The Morgan fingerprint density at radius 1 is 1.20 bits per heavy atom. The molecule has 1 rings (SSSR count). The van der Waals surface area contributed by atoms with Crippen molar-refractivity contribution in [3.05, 3.63) is 24.3 Å². The van der Waals surface area contributed by atoms with Crippen molar-refractivity contribution in [2.45, 2.75) is 30.8 Å². The molecule has 0 radical (unpaired) electrons. The van der Waals surface area contributed by atoms with Crippen LogP contribution < -0.4 is 4.74 Å². The Bertz CT molecular complexity index is 482. The first kappa shape index (κ1) is 16.9. The number of unbranched alkanes of at least 4 members (excludes halogenated alkanes) is 1. The molecule has 114 valence electrons. The van der Waals surface area contributed by atoms with E-state index in [1.165, 1.54) is 24.3 Å². The third-order valence-electron chi connectivity index (χ3n) is 2.52. The fourth-order valence-electron chi connectivity index (χ4n) is 1.41. The Hall–Kier alpha value is -1.15. The molecule has 20 heavy (non-hydrogen) atoms. The van der Waals surface area contributed by atoms with Gasteiger partial charge in [-0.2, -0.15) is 8.42 Å². The predicted octanol–water partition coefficient (Wildman–Crippen LogP) is 1.49. The van der Waals surface area contributed by atoms with Crippen LogP contribution in [0.25, 0.3) is 0 Å². The van der Waals surface area contributed by atoms with Gasteiger partial charge in [0, 0.05) is 6.61 Å². The van der Waals surface area contributed by atoms with Crippen molar-refractivity contribution in [2.75, 3.05) is 19.8 Å². The third-order valence-corrected chi connectivity index (χ3v) is 3.38. The van der Waals surface area contributed by atoms with E-state index in [9.17, 15) is 13.5 Å². The van der Waals surface area contributed by atoms with Gasteiger partial charge in [0.15, 0.2) is 0 Å². The van der Waals surface area contributed by atoms with Crippen molar-refractivity contribution >= 4 is 10.1 Å². The van der Waals surface area contributed by atoms with Gasteiger partial charge in [0.2, 0.25) is 0 Å². The minimum atomic E-state index is -4.19. The van der Waals surface area contributed by atoms with Crippen LogP contribution in [0.5, 0.6) is 5.75 Å². The summed E-state index contributed by atoms with van der Waals surface area (Å²) >= 11 is 0. The van der Waals surface area contributed by atoms with E-state index < -0.39 is 16.2 Å². The first-order valence-corrected chi connectivity index (χ1v) is 7.83. The van der Waals surface area contributed by atoms with Crippen molar-refractivity contribution < 1.29 is 27.6 Å². The van der Waals surface area contributed by atoms with Gasteiger partial charge in [0.05, 0.1) is 11.5 Å². The molecule has 0 spiro atoms. The van der Waals surface area contributed by atoms with E-state index in [0.717, 1.165) is 12.8 Å². The first-order valence-electron chi connectivity index (χ1n) is 6.39. The highest BCUT2D eigenvalue weighted by Gasteiger charge is 2.10. The summed E-state index contributed by atoms with van der Waals surface area (Å²) in [5.41, 5.74) is 0. The van der Waals surface area contributed by atoms with E-state index >= 15 is 0 Å². The van der Waals surface area contributed by atoms with E-state index in [2.05, 4.69) is 6.92 Å². The number of aliphatic hydroxyl groups is 1. The summed E-state index contributed by atoms with van der Waals surface area (Å²) in [5.74, 6) is 0.407. The van der Waals surface area contributed by atoms with E-state index in [1.807, 2.05) is 0 Å². The predicted molar refractivity (Wildman–Crippen MR) is 73.5 cm³/mol. The van der Waals surface area contributed by atoms with Crippen molar-refractivity contribution in [3.63, 3.8) is 0 Å². The highest BCUT2D eigenvalue weighted by atomic mass is 32.2. The summed E-state index contributed by atoms with van der Waals surface area (Å²) in [4.78, 5) is -0.201. The minimum Gasteiger partial charge on any atom is -0.491 e. The quantitative estimate of drug-likeness (QED) is 0.530.